The Labute approximate surface area is 192 Å². The summed E-state index contributed by atoms with van der Waals surface area (Å²) >= 11 is 3.38. The molecule has 0 radical (unpaired) electrons. The fourth-order valence-electron chi connectivity index (χ4n) is 3.32. The second kappa shape index (κ2) is 8.76. The average molecular weight is 491 g/mol. The van der Waals surface area contributed by atoms with Crippen molar-refractivity contribution in [3.8, 4) is 17.0 Å². The fraction of sp³-hybridized carbons (Fsp3) is 0.0833. The number of pyridine rings is 1. The van der Waals surface area contributed by atoms with Crippen molar-refractivity contribution in [1.29, 1.82) is 0 Å². The number of aryl methyl sites for hydroxylation is 1. The maximum Gasteiger partial charge on any atom is 0.336 e. The summed E-state index contributed by atoms with van der Waals surface area (Å²) in [6, 6.07) is 17.8. The van der Waals surface area contributed by atoms with Crippen LogP contribution in [0.5, 0.6) is 5.75 Å². The van der Waals surface area contributed by atoms with Crippen LogP contribution < -0.4 is 10.5 Å². The predicted molar refractivity (Wildman–Crippen MR) is 128 cm³/mol. The molecule has 0 amide bonds. The van der Waals surface area contributed by atoms with E-state index in [-0.39, 0.29) is 5.56 Å². The van der Waals surface area contributed by atoms with Gasteiger partial charge in [-0.25, -0.2) is 9.78 Å². The van der Waals surface area contributed by atoms with Gasteiger partial charge in [-0.1, -0.05) is 28.1 Å². The maximum atomic E-state index is 11.8. The number of nitrogens with zero attached hydrogens (tertiary/aromatic N) is 3. The third-order valence-corrected chi connectivity index (χ3v) is 5.48. The number of hydrogen-bond acceptors (Lipinski definition) is 6. The van der Waals surface area contributed by atoms with E-state index in [0.29, 0.717) is 39.4 Å². The van der Waals surface area contributed by atoms with E-state index >= 15 is 0 Å². The van der Waals surface area contributed by atoms with E-state index in [0.717, 1.165) is 15.6 Å². The summed E-state index contributed by atoms with van der Waals surface area (Å²) in [5.74, 6) is -0.458. The number of halogens is 1. The number of methoxy groups -OCH3 is 1. The van der Waals surface area contributed by atoms with Gasteiger partial charge in [-0.05, 0) is 55.0 Å². The highest BCUT2D eigenvalue weighted by atomic mass is 79.9. The highest BCUT2D eigenvalue weighted by Gasteiger charge is 2.13. The van der Waals surface area contributed by atoms with E-state index in [9.17, 15) is 9.90 Å². The zero-order valence-corrected chi connectivity index (χ0v) is 18.9. The number of azo groups is 1. The highest BCUT2D eigenvalue weighted by Crippen LogP contribution is 2.32. The van der Waals surface area contributed by atoms with Gasteiger partial charge >= 0.3 is 5.97 Å². The number of nitrogens with two attached hydrogens (primary N) is 1. The van der Waals surface area contributed by atoms with Crippen LogP contribution >= 0.6 is 15.9 Å². The summed E-state index contributed by atoms with van der Waals surface area (Å²) in [4.78, 5) is 16.4. The van der Waals surface area contributed by atoms with E-state index in [1.54, 1.807) is 49.6 Å². The molecule has 7 nitrogen and oxygen atoms in total. The van der Waals surface area contributed by atoms with E-state index < -0.39 is 5.97 Å². The summed E-state index contributed by atoms with van der Waals surface area (Å²) in [6.45, 7) is 1.90. The number of rotatable bonds is 5. The summed E-state index contributed by atoms with van der Waals surface area (Å²) in [5.41, 5.74) is 10.8. The quantitative estimate of drug-likeness (QED) is 0.239. The smallest absolute Gasteiger partial charge is 0.336 e. The van der Waals surface area contributed by atoms with Gasteiger partial charge in [0.25, 0.3) is 0 Å². The molecular formula is C24H19BrN4O3. The van der Waals surface area contributed by atoms with Gasteiger partial charge in [-0.15, -0.1) is 0 Å². The molecule has 0 saturated carbocycles. The van der Waals surface area contributed by atoms with Crippen LogP contribution in [0.3, 0.4) is 0 Å². The van der Waals surface area contributed by atoms with E-state index in [1.807, 2.05) is 25.1 Å². The minimum Gasteiger partial charge on any atom is -0.495 e. The molecule has 0 spiro atoms. The molecule has 0 saturated heterocycles. The fourth-order valence-corrected chi connectivity index (χ4v) is 3.68. The number of aromatic carboxylic acids is 1. The first-order chi connectivity index (χ1) is 15.4. The number of carbonyl (C=O) groups is 1. The average Bonchev–Trinajstić information content (AvgIpc) is 2.78. The Kier molecular flexibility index (Phi) is 5.87. The molecule has 8 heteroatoms. The van der Waals surface area contributed by atoms with Gasteiger partial charge in [0.15, 0.2) is 0 Å². The predicted octanol–water partition coefficient (Wildman–Crippen LogP) is 6.68. The Hall–Kier alpha value is -3.78. The summed E-state index contributed by atoms with van der Waals surface area (Å²) in [5, 5.41) is 18.8. The molecule has 32 heavy (non-hydrogen) atoms. The van der Waals surface area contributed by atoms with Crippen LogP contribution in [-0.4, -0.2) is 23.2 Å². The van der Waals surface area contributed by atoms with Crippen molar-refractivity contribution in [2.45, 2.75) is 6.92 Å². The van der Waals surface area contributed by atoms with Crippen LogP contribution in [0.2, 0.25) is 0 Å². The van der Waals surface area contributed by atoms with Crippen molar-refractivity contribution in [3.63, 3.8) is 0 Å². The van der Waals surface area contributed by atoms with Crippen molar-refractivity contribution in [3.05, 3.63) is 76.3 Å². The summed E-state index contributed by atoms with van der Waals surface area (Å²) in [7, 11) is 1.55. The second-order valence-electron chi connectivity index (χ2n) is 7.15. The minimum absolute atomic E-state index is 0.197. The topological polar surface area (TPSA) is 110 Å². The van der Waals surface area contributed by atoms with Gasteiger partial charge in [0.1, 0.15) is 5.75 Å². The zero-order valence-electron chi connectivity index (χ0n) is 17.3. The third kappa shape index (κ3) is 4.31. The van der Waals surface area contributed by atoms with Crippen LogP contribution in [0.25, 0.3) is 22.2 Å². The van der Waals surface area contributed by atoms with Gasteiger partial charge in [0, 0.05) is 21.5 Å². The van der Waals surface area contributed by atoms with Crippen molar-refractivity contribution in [2.75, 3.05) is 12.8 Å². The van der Waals surface area contributed by atoms with Crippen LogP contribution in [0.4, 0.5) is 17.1 Å². The number of hydrogen-bond donors (Lipinski definition) is 2. The van der Waals surface area contributed by atoms with Crippen molar-refractivity contribution in [2.24, 2.45) is 10.2 Å². The SMILES string of the molecule is COc1cc(N=Nc2ccc(-c3cc(C(=O)O)c4cc(Br)ccc4n3)cc2)c(C)cc1N. The highest BCUT2D eigenvalue weighted by molar-refractivity contribution is 9.10. The van der Waals surface area contributed by atoms with Crippen molar-refractivity contribution < 1.29 is 14.6 Å². The summed E-state index contributed by atoms with van der Waals surface area (Å²) in [6.07, 6.45) is 0. The number of anilines is 1. The lowest BCUT2D eigenvalue weighted by Gasteiger charge is -2.08. The molecule has 0 fully saturated rings. The second-order valence-corrected chi connectivity index (χ2v) is 8.06. The Morgan fingerprint density at radius 2 is 1.81 bits per heavy atom. The van der Waals surface area contributed by atoms with E-state index in [1.165, 1.54) is 0 Å². The lowest BCUT2D eigenvalue weighted by molar-refractivity contribution is 0.0699. The molecule has 1 aromatic heterocycles. The maximum absolute atomic E-state index is 11.8. The first-order valence-corrected chi connectivity index (χ1v) is 10.4. The number of benzene rings is 3. The molecule has 0 aliphatic rings. The van der Waals surface area contributed by atoms with Crippen molar-refractivity contribution in [1.82, 2.24) is 4.98 Å². The molecule has 4 aromatic rings. The lowest BCUT2D eigenvalue weighted by atomic mass is 10.0. The van der Waals surface area contributed by atoms with Crippen LogP contribution in [0.15, 0.2) is 75.4 Å². The molecule has 0 atom stereocenters. The van der Waals surface area contributed by atoms with Crippen molar-refractivity contribution >= 4 is 49.9 Å². The Morgan fingerprint density at radius 3 is 2.50 bits per heavy atom. The first-order valence-electron chi connectivity index (χ1n) is 9.65. The third-order valence-electron chi connectivity index (χ3n) is 4.99. The minimum atomic E-state index is -1.00. The van der Waals surface area contributed by atoms with Gasteiger partial charge in [-0.3, -0.25) is 0 Å². The molecule has 1 heterocycles. The Morgan fingerprint density at radius 1 is 1.06 bits per heavy atom. The number of carboxylic acid groups (broad SMARTS) is 1. The van der Waals surface area contributed by atoms with Gasteiger partial charge in [0.05, 0.1) is 40.9 Å². The molecular weight excluding hydrogens is 472 g/mol. The Bertz CT molecular complexity index is 1370. The number of carboxylic acids is 1. The largest absolute Gasteiger partial charge is 0.495 e. The first kappa shape index (κ1) is 21.5. The number of fused-ring (bicyclic) bond motifs is 1. The Balaban J connectivity index is 1.66. The monoisotopic (exact) mass is 490 g/mol. The van der Waals surface area contributed by atoms with Gasteiger partial charge in [-0.2, -0.15) is 10.2 Å². The number of ether oxygens (including phenoxy) is 1. The molecule has 0 aliphatic heterocycles. The van der Waals surface area contributed by atoms with Crippen LogP contribution in [-0.2, 0) is 0 Å². The molecule has 3 aromatic carbocycles. The molecule has 0 unspecified atom stereocenters. The van der Waals surface area contributed by atoms with E-state index in [2.05, 4.69) is 31.1 Å². The number of aromatic nitrogens is 1. The molecule has 4 rings (SSSR count). The van der Waals surface area contributed by atoms with Crippen LogP contribution in [0, 0.1) is 6.92 Å². The summed E-state index contributed by atoms with van der Waals surface area (Å²) < 4.78 is 6.04. The van der Waals surface area contributed by atoms with Crippen LogP contribution in [0.1, 0.15) is 15.9 Å². The normalized spacial score (nSPS) is 11.2. The lowest BCUT2D eigenvalue weighted by Crippen LogP contribution is -2.00. The van der Waals surface area contributed by atoms with Gasteiger partial charge < -0.3 is 15.6 Å². The van der Waals surface area contributed by atoms with E-state index in [4.69, 9.17) is 10.5 Å². The van der Waals surface area contributed by atoms with Gasteiger partial charge in [0.2, 0.25) is 0 Å². The zero-order chi connectivity index (χ0) is 22.8. The number of nitrogen functional groups attached to an aromatic ring is 1. The molecule has 0 bridgehead atoms. The molecule has 3 N–H and O–H groups in total. The standard InChI is InChI=1S/C24H19BrN4O3/c1-13-9-19(26)23(32-2)12-21(13)29-28-16-6-3-14(4-7-16)22-11-18(24(30)31)17-10-15(25)5-8-20(17)27-22/h3-12H,26H2,1-2H3,(H,30,31). The molecule has 160 valence electrons. The molecule has 0 aliphatic carbocycles.